The highest BCUT2D eigenvalue weighted by molar-refractivity contribution is 6.32. The van der Waals surface area contributed by atoms with Crippen molar-refractivity contribution in [3.05, 3.63) is 23.0 Å². The number of amides is 1. The molecule has 1 saturated heterocycles. The summed E-state index contributed by atoms with van der Waals surface area (Å²) in [4.78, 5) is 16.0. The van der Waals surface area contributed by atoms with Gasteiger partial charge < -0.3 is 10.6 Å². The Morgan fingerprint density at radius 2 is 2.41 bits per heavy atom. The molecule has 1 amide bonds. The van der Waals surface area contributed by atoms with Gasteiger partial charge in [-0.3, -0.25) is 4.79 Å². The number of carbonyl (C=O) groups excluding carboxylic acids is 1. The Balaban J connectivity index is 2.04. The Hall–Kier alpha value is -1.13. The maximum absolute atomic E-state index is 12.0. The van der Waals surface area contributed by atoms with Crippen molar-refractivity contribution in [2.45, 2.75) is 32.2 Å². The van der Waals surface area contributed by atoms with Crippen molar-refractivity contribution in [3.8, 4) is 0 Å². The summed E-state index contributed by atoms with van der Waals surface area (Å²) in [5.41, 5.74) is 1.56. The van der Waals surface area contributed by atoms with Gasteiger partial charge in [0.05, 0.1) is 11.7 Å². The van der Waals surface area contributed by atoms with E-state index in [1.54, 1.807) is 6.20 Å². The standard InChI is InChI=1S/C12H16ClN3O/c1-8-6-10(11(13)15-7-8)16-12(17)9-4-2-3-5-14-9/h6-7,9,14H,2-5H2,1H3,(H,16,17). The van der Waals surface area contributed by atoms with Crippen molar-refractivity contribution in [2.75, 3.05) is 11.9 Å². The second-order valence-corrected chi connectivity index (χ2v) is 4.70. The SMILES string of the molecule is Cc1cnc(Cl)c(NC(=O)C2CCCCN2)c1. The molecule has 1 unspecified atom stereocenters. The van der Waals surface area contributed by atoms with Crippen molar-refractivity contribution >= 4 is 23.2 Å². The second-order valence-electron chi connectivity index (χ2n) is 4.34. The predicted molar refractivity (Wildman–Crippen MR) is 68.3 cm³/mol. The van der Waals surface area contributed by atoms with Crippen LogP contribution in [0.15, 0.2) is 12.3 Å². The van der Waals surface area contributed by atoms with Crippen LogP contribution in [0.5, 0.6) is 0 Å². The van der Waals surface area contributed by atoms with Gasteiger partial charge in [0.2, 0.25) is 5.91 Å². The van der Waals surface area contributed by atoms with Gasteiger partial charge in [-0.25, -0.2) is 4.98 Å². The molecule has 0 bridgehead atoms. The van der Waals surface area contributed by atoms with Gasteiger partial charge in [-0.15, -0.1) is 0 Å². The molecule has 0 radical (unpaired) electrons. The molecule has 2 rings (SSSR count). The Morgan fingerprint density at radius 1 is 1.59 bits per heavy atom. The maximum Gasteiger partial charge on any atom is 0.241 e. The molecule has 1 aliphatic rings. The molecule has 0 saturated carbocycles. The van der Waals surface area contributed by atoms with Crippen LogP contribution in [0.25, 0.3) is 0 Å². The number of halogens is 1. The summed E-state index contributed by atoms with van der Waals surface area (Å²) in [6.45, 7) is 2.82. The normalized spacial score (nSPS) is 20.0. The average Bonchev–Trinajstić information content (AvgIpc) is 2.35. The van der Waals surface area contributed by atoms with E-state index in [-0.39, 0.29) is 11.9 Å². The Bertz CT molecular complexity index is 416. The number of piperidine rings is 1. The molecule has 1 aliphatic heterocycles. The third kappa shape index (κ3) is 3.17. The number of nitrogens with zero attached hydrogens (tertiary/aromatic N) is 1. The van der Waals surface area contributed by atoms with Crippen molar-refractivity contribution in [2.24, 2.45) is 0 Å². The van der Waals surface area contributed by atoms with Gasteiger partial charge in [0.1, 0.15) is 0 Å². The molecule has 0 aliphatic carbocycles. The van der Waals surface area contributed by atoms with E-state index < -0.39 is 0 Å². The summed E-state index contributed by atoms with van der Waals surface area (Å²) in [5.74, 6) is -0.0287. The van der Waals surface area contributed by atoms with Crippen molar-refractivity contribution < 1.29 is 4.79 Å². The van der Waals surface area contributed by atoms with E-state index >= 15 is 0 Å². The number of hydrogen-bond donors (Lipinski definition) is 2. The molecule has 2 N–H and O–H groups in total. The van der Waals surface area contributed by atoms with Crippen molar-refractivity contribution in [1.29, 1.82) is 0 Å². The molecular formula is C12H16ClN3O. The predicted octanol–water partition coefficient (Wildman–Crippen LogP) is 2.12. The van der Waals surface area contributed by atoms with E-state index in [2.05, 4.69) is 15.6 Å². The lowest BCUT2D eigenvalue weighted by atomic mass is 10.0. The van der Waals surface area contributed by atoms with Crippen LogP contribution in [-0.2, 0) is 4.79 Å². The zero-order valence-electron chi connectivity index (χ0n) is 9.79. The highest BCUT2D eigenvalue weighted by Gasteiger charge is 2.21. The van der Waals surface area contributed by atoms with Gasteiger partial charge in [0.25, 0.3) is 0 Å². The van der Waals surface area contributed by atoms with E-state index in [1.165, 1.54) is 0 Å². The second kappa shape index (κ2) is 5.47. The number of pyridine rings is 1. The maximum atomic E-state index is 12.0. The Kier molecular flexibility index (Phi) is 3.97. The molecule has 0 aromatic carbocycles. The molecule has 4 nitrogen and oxygen atoms in total. The van der Waals surface area contributed by atoms with Gasteiger partial charge >= 0.3 is 0 Å². The van der Waals surface area contributed by atoms with Crippen molar-refractivity contribution in [1.82, 2.24) is 10.3 Å². The van der Waals surface area contributed by atoms with E-state index in [4.69, 9.17) is 11.6 Å². The first-order chi connectivity index (χ1) is 8.16. The molecule has 1 atom stereocenters. The molecule has 2 heterocycles. The van der Waals surface area contributed by atoms with Crippen LogP contribution in [0, 0.1) is 6.92 Å². The highest BCUT2D eigenvalue weighted by Crippen LogP contribution is 2.20. The Morgan fingerprint density at radius 3 is 3.12 bits per heavy atom. The molecule has 0 spiro atoms. The van der Waals surface area contributed by atoms with Gasteiger partial charge in [-0.1, -0.05) is 18.0 Å². The van der Waals surface area contributed by atoms with Crippen molar-refractivity contribution in [3.63, 3.8) is 0 Å². The monoisotopic (exact) mass is 253 g/mol. The van der Waals surface area contributed by atoms with Crippen LogP contribution in [0.1, 0.15) is 24.8 Å². The zero-order chi connectivity index (χ0) is 12.3. The average molecular weight is 254 g/mol. The fraction of sp³-hybridized carbons (Fsp3) is 0.500. The van der Waals surface area contributed by atoms with Gasteiger partial charge in [0, 0.05) is 6.20 Å². The summed E-state index contributed by atoms with van der Waals surface area (Å²) >= 11 is 5.93. The topological polar surface area (TPSA) is 54.0 Å². The largest absolute Gasteiger partial charge is 0.322 e. The molecule has 1 fully saturated rings. The molecule has 1 aromatic heterocycles. The number of rotatable bonds is 2. The van der Waals surface area contributed by atoms with Gasteiger partial charge in [0.15, 0.2) is 5.15 Å². The number of nitrogens with one attached hydrogen (secondary N) is 2. The minimum atomic E-state index is -0.111. The lowest BCUT2D eigenvalue weighted by molar-refractivity contribution is -0.118. The Labute approximate surface area is 106 Å². The van der Waals surface area contributed by atoms with E-state index in [9.17, 15) is 4.79 Å². The fourth-order valence-corrected chi connectivity index (χ4v) is 2.09. The quantitative estimate of drug-likeness (QED) is 0.794. The van der Waals surface area contributed by atoms with Gasteiger partial charge in [-0.05, 0) is 37.9 Å². The number of hydrogen-bond acceptors (Lipinski definition) is 3. The molecular weight excluding hydrogens is 238 g/mol. The van der Waals surface area contributed by atoms with E-state index in [0.29, 0.717) is 10.8 Å². The van der Waals surface area contributed by atoms with Crippen LogP contribution < -0.4 is 10.6 Å². The summed E-state index contributed by atoms with van der Waals surface area (Å²) in [5, 5.41) is 6.36. The summed E-state index contributed by atoms with van der Waals surface area (Å²) < 4.78 is 0. The summed E-state index contributed by atoms with van der Waals surface area (Å²) in [6, 6.07) is 1.72. The van der Waals surface area contributed by atoms with Crippen LogP contribution >= 0.6 is 11.6 Å². The van der Waals surface area contributed by atoms with Gasteiger partial charge in [-0.2, -0.15) is 0 Å². The smallest absolute Gasteiger partial charge is 0.241 e. The summed E-state index contributed by atoms with van der Waals surface area (Å²) in [7, 11) is 0. The minimum Gasteiger partial charge on any atom is -0.322 e. The first kappa shape index (κ1) is 12.3. The highest BCUT2D eigenvalue weighted by atomic mass is 35.5. The third-order valence-electron chi connectivity index (χ3n) is 2.86. The van der Waals surface area contributed by atoms with Crippen LogP contribution in [0.3, 0.4) is 0 Å². The first-order valence-corrected chi connectivity index (χ1v) is 6.21. The lowest BCUT2D eigenvalue weighted by Crippen LogP contribution is -2.43. The molecule has 1 aromatic rings. The summed E-state index contributed by atoms with van der Waals surface area (Å²) in [6.07, 6.45) is 4.78. The first-order valence-electron chi connectivity index (χ1n) is 5.83. The number of aryl methyl sites for hydroxylation is 1. The van der Waals surface area contributed by atoms with E-state index in [1.807, 2.05) is 13.0 Å². The van der Waals surface area contributed by atoms with Crippen LogP contribution in [-0.4, -0.2) is 23.5 Å². The fourth-order valence-electron chi connectivity index (χ4n) is 1.94. The van der Waals surface area contributed by atoms with E-state index in [0.717, 1.165) is 31.4 Å². The molecule has 92 valence electrons. The minimum absolute atomic E-state index is 0.0287. The van der Waals surface area contributed by atoms with Crippen LogP contribution in [0.4, 0.5) is 5.69 Å². The molecule has 5 heteroatoms. The van der Waals surface area contributed by atoms with Crippen LogP contribution in [0.2, 0.25) is 5.15 Å². The zero-order valence-corrected chi connectivity index (χ0v) is 10.5. The number of anilines is 1. The number of aromatic nitrogens is 1. The lowest BCUT2D eigenvalue weighted by Gasteiger charge is -2.22. The third-order valence-corrected chi connectivity index (χ3v) is 3.16. The number of carbonyl (C=O) groups is 1. The molecule has 17 heavy (non-hydrogen) atoms.